The number of hydrogen-bond donors (Lipinski definition) is 0. The van der Waals surface area contributed by atoms with Crippen LogP contribution in [0, 0.1) is 11.8 Å². The van der Waals surface area contributed by atoms with Crippen molar-refractivity contribution in [1.82, 2.24) is 0 Å². The highest BCUT2D eigenvalue weighted by molar-refractivity contribution is 6.36. The van der Waals surface area contributed by atoms with E-state index in [1.165, 1.54) is 44.1 Å². The first kappa shape index (κ1) is 24.5. The fourth-order valence-electron chi connectivity index (χ4n) is 3.51. The Morgan fingerprint density at radius 2 is 1.54 bits per heavy atom. The zero-order valence-electron chi connectivity index (χ0n) is 17.1. The van der Waals surface area contributed by atoms with Gasteiger partial charge in [0.2, 0.25) is 0 Å². The molecule has 0 aromatic heterocycles. The van der Waals surface area contributed by atoms with Gasteiger partial charge in [-0.25, -0.2) is 0 Å². The van der Waals surface area contributed by atoms with Crippen LogP contribution in [-0.2, 0) is 11.2 Å². The van der Waals surface area contributed by atoms with Crippen LogP contribution in [0.3, 0.4) is 0 Å². The number of hydrogen-bond acceptors (Lipinski definition) is 1. The van der Waals surface area contributed by atoms with Crippen molar-refractivity contribution in [2.24, 2.45) is 11.8 Å². The number of carbonyl (C=O) groups is 1. The molecule has 0 unspecified atom stereocenters. The number of halogens is 2. The van der Waals surface area contributed by atoms with Crippen molar-refractivity contribution in [3.8, 4) is 11.1 Å². The summed E-state index contributed by atoms with van der Waals surface area (Å²) < 4.78 is 0. The largest absolute Gasteiger partial charge is 0.307 e. The van der Waals surface area contributed by atoms with Crippen molar-refractivity contribution in [3.63, 3.8) is 0 Å². The molecule has 0 spiro atoms. The smallest absolute Gasteiger partial charge is 0.106 e. The maximum Gasteiger partial charge on any atom is 0.106 e. The van der Waals surface area contributed by atoms with Crippen LogP contribution in [0.5, 0.6) is 0 Å². The molecule has 0 aliphatic heterocycles. The van der Waals surface area contributed by atoms with Gasteiger partial charge >= 0.3 is 0 Å². The third-order valence-electron chi connectivity index (χ3n) is 4.95. The fraction of sp³-hybridized carbons (Fsp3) is 0.400. The first-order valence-electron chi connectivity index (χ1n) is 10.0. The van der Waals surface area contributed by atoms with Crippen LogP contribution in [0.1, 0.15) is 51.5 Å². The minimum absolute atomic E-state index is 0.672. The van der Waals surface area contributed by atoms with Crippen LogP contribution in [0.25, 0.3) is 11.1 Å². The van der Waals surface area contributed by atoms with Crippen molar-refractivity contribution in [1.29, 1.82) is 0 Å². The van der Waals surface area contributed by atoms with Crippen LogP contribution in [0.15, 0.2) is 55.1 Å². The molecular formula is C25H32Cl2O. The van der Waals surface area contributed by atoms with Gasteiger partial charge in [-0.05, 0) is 67.2 Å². The van der Waals surface area contributed by atoms with E-state index < -0.39 is 0 Å². The number of rotatable bonds is 4. The molecule has 0 atom stereocenters. The summed E-state index contributed by atoms with van der Waals surface area (Å²) >= 11 is 12.3. The number of carbonyl (C=O) groups excluding carboxylic acids is 1. The van der Waals surface area contributed by atoms with Crippen molar-refractivity contribution in [2.75, 3.05) is 0 Å². The zero-order valence-corrected chi connectivity index (χ0v) is 18.6. The topological polar surface area (TPSA) is 17.1 Å². The van der Waals surface area contributed by atoms with Gasteiger partial charge in [0.05, 0.1) is 0 Å². The lowest BCUT2D eigenvalue weighted by atomic mass is 9.79. The summed E-state index contributed by atoms with van der Waals surface area (Å²) in [6, 6.07) is 14.5. The summed E-state index contributed by atoms with van der Waals surface area (Å²) in [7, 11) is 0. The van der Waals surface area contributed by atoms with Crippen molar-refractivity contribution in [3.05, 3.63) is 70.7 Å². The second-order valence-electron chi connectivity index (χ2n) is 7.25. The predicted octanol–water partition coefficient (Wildman–Crippen LogP) is 8.43. The summed E-state index contributed by atoms with van der Waals surface area (Å²) in [6.45, 7) is 10.2. The fourth-order valence-corrected chi connectivity index (χ4v) is 4.02. The van der Waals surface area contributed by atoms with E-state index in [-0.39, 0.29) is 0 Å². The maximum atomic E-state index is 8.00. The Labute approximate surface area is 180 Å². The Bertz CT molecular complexity index is 701. The molecule has 1 aliphatic carbocycles. The molecule has 152 valence electrons. The quantitative estimate of drug-likeness (QED) is 0.455. The van der Waals surface area contributed by atoms with Gasteiger partial charge in [0, 0.05) is 15.6 Å². The SMILES string of the molecule is C=CC1CCC(Cc2ccc(-c3ccc(Cl)cc3Cl)cc2)CC1.C=O.CCC. The summed E-state index contributed by atoms with van der Waals surface area (Å²) in [5, 5.41) is 1.37. The van der Waals surface area contributed by atoms with Crippen LogP contribution < -0.4 is 0 Å². The molecule has 1 saturated carbocycles. The lowest BCUT2D eigenvalue weighted by Gasteiger charge is -2.26. The molecule has 1 fully saturated rings. The van der Waals surface area contributed by atoms with E-state index in [4.69, 9.17) is 28.0 Å². The molecule has 0 bridgehead atoms. The van der Waals surface area contributed by atoms with Crippen LogP contribution in [-0.4, -0.2) is 6.79 Å². The highest BCUT2D eigenvalue weighted by atomic mass is 35.5. The van der Waals surface area contributed by atoms with E-state index >= 15 is 0 Å². The molecule has 0 heterocycles. The Morgan fingerprint density at radius 1 is 0.964 bits per heavy atom. The Hall–Kier alpha value is -1.57. The van der Waals surface area contributed by atoms with Gasteiger partial charge in [0.15, 0.2) is 0 Å². The molecule has 28 heavy (non-hydrogen) atoms. The first-order valence-corrected chi connectivity index (χ1v) is 10.8. The molecule has 0 radical (unpaired) electrons. The minimum atomic E-state index is 0.672. The molecule has 3 heteroatoms. The summed E-state index contributed by atoms with van der Waals surface area (Å²) in [4.78, 5) is 8.00. The van der Waals surface area contributed by atoms with Crippen LogP contribution >= 0.6 is 23.2 Å². The Balaban J connectivity index is 0.000000717. The van der Waals surface area contributed by atoms with Crippen LogP contribution in [0.4, 0.5) is 0 Å². The molecule has 3 rings (SSSR count). The van der Waals surface area contributed by atoms with Gasteiger partial charge in [0.25, 0.3) is 0 Å². The third-order valence-corrected chi connectivity index (χ3v) is 5.49. The second kappa shape index (κ2) is 13.6. The standard InChI is InChI=1S/C21H22Cl2.C3H8.CH2O/c1-2-15-3-5-16(6-4-15)13-17-7-9-18(10-8-17)20-12-11-19(22)14-21(20)23;1-3-2;1-2/h2,7-12,14-16H,1,3-6,13H2;3H2,1-2H3;1H2. The molecule has 2 aromatic rings. The summed E-state index contributed by atoms with van der Waals surface area (Å²) in [5.41, 5.74) is 3.60. The molecule has 0 amide bonds. The molecule has 0 N–H and O–H groups in total. The van der Waals surface area contributed by atoms with E-state index in [0.717, 1.165) is 23.0 Å². The zero-order chi connectivity index (χ0) is 20.9. The highest BCUT2D eigenvalue weighted by Crippen LogP contribution is 2.33. The Morgan fingerprint density at radius 3 is 2.04 bits per heavy atom. The van der Waals surface area contributed by atoms with Gasteiger partial charge in [-0.2, -0.15) is 0 Å². The Kier molecular flexibility index (Phi) is 11.9. The van der Waals surface area contributed by atoms with Crippen molar-refractivity contribution in [2.45, 2.75) is 52.4 Å². The summed E-state index contributed by atoms with van der Waals surface area (Å²) in [6.07, 6.45) is 9.79. The van der Waals surface area contributed by atoms with E-state index in [2.05, 4.69) is 50.8 Å². The van der Waals surface area contributed by atoms with Crippen molar-refractivity contribution < 1.29 is 4.79 Å². The molecule has 2 aromatic carbocycles. The van der Waals surface area contributed by atoms with Gasteiger partial charge in [0.1, 0.15) is 6.79 Å². The predicted molar refractivity (Wildman–Crippen MR) is 124 cm³/mol. The van der Waals surface area contributed by atoms with E-state index in [1.807, 2.05) is 18.9 Å². The monoisotopic (exact) mass is 418 g/mol. The average molecular weight is 419 g/mol. The summed E-state index contributed by atoms with van der Waals surface area (Å²) in [5.74, 6) is 1.55. The number of allylic oxidation sites excluding steroid dienone is 1. The minimum Gasteiger partial charge on any atom is -0.307 e. The van der Waals surface area contributed by atoms with Crippen molar-refractivity contribution >= 4 is 30.0 Å². The van der Waals surface area contributed by atoms with Gasteiger partial charge in [-0.3, -0.25) is 0 Å². The lowest BCUT2D eigenvalue weighted by Crippen LogP contribution is -2.14. The lowest BCUT2D eigenvalue weighted by molar-refractivity contribution is -0.0979. The van der Waals surface area contributed by atoms with Gasteiger partial charge in [-0.15, -0.1) is 6.58 Å². The molecule has 0 saturated heterocycles. The normalized spacial score (nSPS) is 18.1. The van der Waals surface area contributed by atoms with E-state index in [1.54, 1.807) is 6.07 Å². The first-order chi connectivity index (χ1) is 13.6. The van der Waals surface area contributed by atoms with Gasteiger partial charge in [-0.1, -0.05) is 79.9 Å². The van der Waals surface area contributed by atoms with E-state index in [9.17, 15) is 0 Å². The molecular weight excluding hydrogens is 387 g/mol. The van der Waals surface area contributed by atoms with Gasteiger partial charge < -0.3 is 4.79 Å². The average Bonchev–Trinajstić information content (AvgIpc) is 2.72. The maximum absolute atomic E-state index is 8.00. The second-order valence-corrected chi connectivity index (χ2v) is 8.09. The van der Waals surface area contributed by atoms with E-state index in [0.29, 0.717) is 10.0 Å². The van der Waals surface area contributed by atoms with Crippen LogP contribution in [0.2, 0.25) is 10.0 Å². The molecule has 1 aliphatic rings. The highest BCUT2D eigenvalue weighted by Gasteiger charge is 2.19. The number of benzene rings is 2. The molecule has 1 nitrogen and oxygen atoms in total. The third kappa shape index (κ3) is 7.81.